The van der Waals surface area contributed by atoms with Crippen LogP contribution in [0.1, 0.15) is 19.4 Å². The molecule has 2 aromatic rings. The second-order valence-electron chi connectivity index (χ2n) is 6.22. The molecule has 0 saturated carbocycles. The molecule has 0 aliphatic rings. The molecule has 0 aliphatic carbocycles. The fraction of sp³-hybridized carbons (Fsp3) is 0.263. The molecule has 0 radical (unpaired) electrons. The molecule has 27 heavy (non-hydrogen) atoms. The molecule has 1 atom stereocenters. The number of carbonyl (C=O) groups excluding carboxylic acids is 2. The lowest BCUT2D eigenvalue weighted by molar-refractivity contribution is -0.384. The third kappa shape index (κ3) is 6.10. The van der Waals surface area contributed by atoms with E-state index in [1.807, 2.05) is 30.3 Å². The Balaban J connectivity index is 1.93. The summed E-state index contributed by atoms with van der Waals surface area (Å²) in [6.07, 6.45) is -0.698. The van der Waals surface area contributed by atoms with Crippen molar-refractivity contribution in [3.05, 3.63) is 70.3 Å². The number of amides is 2. The van der Waals surface area contributed by atoms with E-state index in [4.69, 9.17) is 4.74 Å². The molecule has 0 heterocycles. The van der Waals surface area contributed by atoms with E-state index in [1.54, 1.807) is 13.8 Å². The Morgan fingerprint density at radius 3 is 2.26 bits per heavy atom. The lowest BCUT2D eigenvalue weighted by Crippen LogP contribution is -2.47. The zero-order chi connectivity index (χ0) is 19.8. The SMILES string of the molecule is CC(C)[C@H](NC(=O)OCc1ccccc1)C(=O)Nc1ccc([N+](=O)[O-])cc1. The first-order valence-corrected chi connectivity index (χ1v) is 8.39. The Bertz CT molecular complexity index is 791. The number of nitrogens with zero attached hydrogens (tertiary/aromatic N) is 1. The van der Waals surface area contributed by atoms with E-state index in [9.17, 15) is 19.7 Å². The number of carbonyl (C=O) groups is 2. The average Bonchev–Trinajstić information content (AvgIpc) is 2.65. The molecule has 0 unspecified atom stereocenters. The number of hydrogen-bond acceptors (Lipinski definition) is 5. The Morgan fingerprint density at radius 1 is 1.07 bits per heavy atom. The van der Waals surface area contributed by atoms with Crippen molar-refractivity contribution in [1.29, 1.82) is 0 Å². The van der Waals surface area contributed by atoms with Crippen molar-refractivity contribution in [2.75, 3.05) is 5.32 Å². The largest absolute Gasteiger partial charge is 0.445 e. The van der Waals surface area contributed by atoms with Crippen molar-refractivity contribution >= 4 is 23.4 Å². The second kappa shape index (κ2) is 9.33. The van der Waals surface area contributed by atoms with Crippen molar-refractivity contribution in [3.63, 3.8) is 0 Å². The summed E-state index contributed by atoms with van der Waals surface area (Å²) in [6, 6.07) is 13.8. The van der Waals surface area contributed by atoms with Crippen LogP contribution >= 0.6 is 0 Å². The van der Waals surface area contributed by atoms with Crippen LogP contribution in [0.4, 0.5) is 16.2 Å². The van der Waals surface area contributed by atoms with E-state index in [2.05, 4.69) is 10.6 Å². The number of non-ortho nitro benzene ring substituents is 1. The Hall–Kier alpha value is -3.42. The van der Waals surface area contributed by atoms with Gasteiger partial charge >= 0.3 is 6.09 Å². The number of nitro benzene ring substituents is 1. The van der Waals surface area contributed by atoms with Crippen LogP contribution in [0.2, 0.25) is 0 Å². The molecular weight excluding hydrogens is 350 g/mol. The first-order chi connectivity index (χ1) is 12.9. The van der Waals surface area contributed by atoms with Gasteiger partial charge in [-0.25, -0.2) is 4.79 Å². The molecule has 2 aromatic carbocycles. The van der Waals surface area contributed by atoms with Gasteiger partial charge in [0.2, 0.25) is 5.91 Å². The highest BCUT2D eigenvalue weighted by molar-refractivity contribution is 5.96. The van der Waals surface area contributed by atoms with Crippen LogP contribution in [0.15, 0.2) is 54.6 Å². The monoisotopic (exact) mass is 371 g/mol. The van der Waals surface area contributed by atoms with Crippen LogP contribution in [0.3, 0.4) is 0 Å². The Labute approximate surface area is 156 Å². The maximum atomic E-state index is 12.5. The van der Waals surface area contributed by atoms with Crippen LogP contribution in [0.25, 0.3) is 0 Å². The normalized spacial score (nSPS) is 11.5. The highest BCUT2D eigenvalue weighted by Crippen LogP contribution is 2.16. The number of ether oxygens (including phenoxy) is 1. The van der Waals surface area contributed by atoms with Crippen molar-refractivity contribution in [2.24, 2.45) is 5.92 Å². The van der Waals surface area contributed by atoms with E-state index in [0.717, 1.165) is 5.56 Å². The highest BCUT2D eigenvalue weighted by atomic mass is 16.6. The smallest absolute Gasteiger partial charge is 0.408 e. The summed E-state index contributed by atoms with van der Waals surface area (Å²) in [5.41, 5.74) is 1.16. The maximum Gasteiger partial charge on any atom is 0.408 e. The van der Waals surface area contributed by atoms with Gasteiger partial charge in [0.25, 0.3) is 5.69 Å². The summed E-state index contributed by atoms with van der Waals surface area (Å²) in [7, 11) is 0. The van der Waals surface area contributed by atoms with Crippen molar-refractivity contribution in [2.45, 2.75) is 26.5 Å². The molecule has 0 fully saturated rings. The predicted octanol–water partition coefficient (Wildman–Crippen LogP) is 3.48. The molecule has 0 bridgehead atoms. The van der Waals surface area contributed by atoms with Crippen LogP contribution < -0.4 is 10.6 Å². The summed E-state index contributed by atoms with van der Waals surface area (Å²) in [6.45, 7) is 3.68. The molecule has 0 spiro atoms. The zero-order valence-corrected chi connectivity index (χ0v) is 15.0. The predicted molar refractivity (Wildman–Crippen MR) is 100 cm³/mol. The lowest BCUT2D eigenvalue weighted by atomic mass is 10.0. The summed E-state index contributed by atoms with van der Waals surface area (Å²) in [5.74, 6) is -0.622. The van der Waals surface area contributed by atoms with Crippen LogP contribution in [0, 0.1) is 16.0 Å². The van der Waals surface area contributed by atoms with Crippen LogP contribution in [-0.2, 0) is 16.1 Å². The fourth-order valence-electron chi connectivity index (χ4n) is 2.31. The van der Waals surface area contributed by atoms with Crippen molar-refractivity contribution < 1.29 is 19.2 Å². The summed E-state index contributed by atoms with van der Waals surface area (Å²) in [4.78, 5) is 34.6. The minimum atomic E-state index is -0.816. The molecule has 8 nitrogen and oxygen atoms in total. The van der Waals surface area contributed by atoms with Gasteiger partial charge in [-0.3, -0.25) is 14.9 Å². The van der Waals surface area contributed by atoms with E-state index >= 15 is 0 Å². The van der Waals surface area contributed by atoms with E-state index in [0.29, 0.717) is 5.69 Å². The standard InChI is InChI=1S/C19H21N3O5/c1-13(2)17(21-19(24)27-12-14-6-4-3-5-7-14)18(23)20-15-8-10-16(11-9-15)22(25)26/h3-11,13,17H,12H2,1-2H3,(H,20,23)(H,21,24)/t17-/m0/s1. The Morgan fingerprint density at radius 2 is 1.70 bits per heavy atom. The number of hydrogen-bond donors (Lipinski definition) is 2. The number of anilines is 1. The molecular formula is C19H21N3O5. The minimum Gasteiger partial charge on any atom is -0.445 e. The highest BCUT2D eigenvalue weighted by Gasteiger charge is 2.25. The lowest BCUT2D eigenvalue weighted by Gasteiger charge is -2.21. The third-order valence-corrected chi connectivity index (χ3v) is 3.78. The van der Waals surface area contributed by atoms with Crippen molar-refractivity contribution in [3.8, 4) is 0 Å². The summed E-state index contributed by atoms with van der Waals surface area (Å²) < 4.78 is 5.15. The average molecular weight is 371 g/mol. The topological polar surface area (TPSA) is 111 Å². The number of benzene rings is 2. The summed E-state index contributed by atoms with van der Waals surface area (Å²) in [5, 5.41) is 15.9. The molecule has 0 aliphatic heterocycles. The molecule has 0 aromatic heterocycles. The van der Waals surface area contributed by atoms with Crippen molar-refractivity contribution in [1.82, 2.24) is 5.32 Å². The maximum absolute atomic E-state index is 12.5. The number of alkyl carbamates (subject to hydrolysis) is 1. The van der Waals surface area contributed by atoms with Gasteiger partial charge in [0, 0.05) is 17.8 Å². The van der Waals surface area contributed by atoms with Gasteiger partial charge in [0.15, 0.2) is 0 Å². The minimum absolute atomic E-state index is 0.0731. The molecule has 2 rings (SSSR count). The molecule has 142 valence electrons. The van der Waals surface area contributed by atoms with Crippen LogP contribution in [0.5, 0.6) is 0 Å². The molecule has 2 N–H and O–H groups in total. The first kappa shape index (κ1) is 19.9. The second-order valence-corrected chi connectivity index (χ2v) is 6.22. The molecule has 8 heteroatoms. The third-order valence-electron chi connectivity index (χ3n) is 3.78. The van der Waals surface area contributed by atoms with Gasteiger partial charge in [-0.15, -0.1) is 0 Å². The number of nitrogens with one attached hydrogen (secondary N) is 2. The number of nitro groups is 1. The van der Waals surface area contributed by atoms with Gasteiger partial charge in [-0.1, -0.05) is 44.2 Å². The van der Waals surface area contributed by atoms with Gasteiger partial charge in [0.05, 0.1) is 4.92 Å². The van der Waals surface area contributed by atoms with Gasteiger partial charge in [-0.05, 0) is 23.6 Å². The van der Waals surface area contributed by atoms with Gasteiger partial charge < -0.3 is 15.4 Å². The zero-order valence-electron chi connectivity index (χ0n) is 15.0. The summed E-state index contributed by atoms with van der Waals surface area (Å²) >= 11 is 0. The van der Waals surface area contributed by atoms with E-state index in [-0.39, 0.29) is 18.2 Å². The van der Waals surface area contributed by atoms with Gasteiger partial charge in [0.1, 0.15) is 12.6 Å². The van der Waals surface area contributed by atoms with E-state index < -0.39 is 23.0 Å². The molecule has 0 saturated heterocycles. The van der Waals surface area contributed by atoms with Crippen LogP contribution in [-0.4, -0.2) is 23.0 Å². The van der Waals surface area contributed by atoms with E-state index in [1.165, 1.54) is 24.3 Å². The quantitative estimate of drug-likeness (QED) is 0.572. The number of rotatable bonds is 7. The molecule has 2 amide bonds. The fourth-order valence-corrected chi connectivity index (χ4v) is 2.31. The first-order valence-electron chi connectivity index (χ1n) is 8.39. The Kier molecular flexibility index (Phi) is 6.87. The van der Waals surface area contributed by atoms with Gasteiger partial charge in [-0.2, -0.15) is 0 Å².